The van der Waals surface area contributed by atoms with Gasteiger partial charge in [0.1, 0.15) is 6.10 Å². The highest BCUT2D eigenvalue weighted by molar-refractivity contribution is 5.63. The van der Waals surface area contributed by atoms with E-state index in [9.17, 15) is 0 Å². The van der Waals surface area contributed by atoms with Crippen LogP contribution in [0.2, 0.25) is 0 Å². The Hall–Kier alpha value is -0.670. The van der Waals surface area contributed by atoms with E-state index in [1.165, 1.54) is 0 Å². The Bertz CT molecular complexity index is 199. The highest BCUT2D eigenvalue weighted by Crippen LogP contribution is 2.20. The van der Waals surface area contributed by atoms with Crippen LogP contribution in [-0.4, -0.2) is 31.3 Å². The molecule has 1 saturated heterocycles. The molecule has 0 saturated carbocycles. The first-order valence-corrected chi connectivity index (χ1v) is 4.57. The summed E-state index contributed by atoms with van der Waals surface area (Å²) in [6.07, 6.45) is 4.60. The zero-order valence-corrected chi connectivity index (χ0v) is 8.32. The van der Waals surface area contributed by atoms with Crippen LogP contribution >= 0.6 is 0 Å². The summed E-state index contributed by atoms with van der Waals surface area (Å²) in [7, 11) is 0. The number of nitrogens with zero attached hydrogens (tertiary/aromatic N) is 1. The predicted molar refractivity (Wildman–Crippen MR) is 53.1 cm³/mol. The van der Waals surface area contributed by atoms with Crippen LogP contribution in [0.4, 0.5) is 0 Å². The van der Waals surface area contributed by atoms with Gasteiger partial charge in [-0.05, 0) is 20.3 Å². The van der Waals surface area contributed by atoms with Crippen molar-refractivity contribution in [1.82, 2.24) is 0 Å². The lowest BCUT2D eigenvalue weighted by Crippen LogP contribution is -2.21. The number of ether oxygens (including phenoxy) is 2. The molecule has 0 aliphatic carbocycles. The number of hydrogen-bond donors (Lipinski definition) is 0. The second-order valence-corrected chi connectivity index (χ2v) is 3.50. The van der Waals surface area contributed by atoms with Crippen molar-refractivity contribution in [3.05, 3.63) is 12.7 Å². The van der Waals surface area contributed by atoms with Gasteiger partial charge in [-0.3, -0.25) is 4.99 Å². The summed E-state index contributed by atoms with van der Waals surface area (Å²) in [4.78, 5) is 4.21. The smallest absolute Gasteiger partial charge is 0.163 e. The molecule has 1 fully saturated rings. The van der Waals surface area contributed by atoms with Gasteiger partial charge in [0.05, 0.1) is 6.61 Å². The fourth-order valence-corrected chi connectivity index (χ4v) is 1.15. The average molecular weight is 183 g/mol. The van der Waals surface area contributed by atoms with E-state index in [1.807, 2.05) is 26.1 Å². The van der Waals surface area contributed by atoms with Gasteiger partial charge in [-0.1, -0.05) is 6.08 Å². The van der Waals surface area contributed by atoms with Crippen LogP contribution in [0.25, 0.3) is 0 Å². The van der Waals surface area contributed by atoms with Gasteiger partial charge in [-0.2, -0.15) is 0 Å². The molecular formula is C10H17NO2. The van der Waals surface area contributed by atoms with E-state index < -0.39 is 5.79 Å². The Morgan fingerprint density at radius 3 is 2.92 bits per heavy atom. The van der Waals surface area contributed by atoms with Crippen LogP contribution in [-0.2, 0) is 9.47 Å². The second-order valence-electron chi connectivity index (χ2n) is 3.50. The first-order chi connectivity index (χ1) is 6.14. The molecule has 0 bridgehead atoms. The van der Waals surface area contributed by atoms with Gasteiger partial charge in [0.25, 0.3) is 0 Å². The molecule has 3 nitrogen and oxygen atoms in total. The summed E-state index contributed by atoms with van der Waals surface area (Å²) >= 11 is 0. The Labute approximate surface area is 79.5 Å². The molecule has 3 heteroatoms. The van der Waals surface area contributed by atoms with Crippen molar-refractivity contribution in [3.8, 4) is 0 Å². The predicted octanol–water partition coefficient (Wildman–Crippen LogP) is 1.78. The van der Waals surface area contributed by atoms with E-state index >= 15 is 0 Å². The van der Waals surface area contributed by atoms with Crippen molar-refractivity contribution in [2.75, 3.05) is 13.2 Å². The van der Waals surface area contributed by atoms with Crippen molar-refractivity contribution < 1.29 is 9.47 Å². The third-order valence-electron chi connectivity index (χ3n) is 1.76. The molecule has 1 aliphatic heterocycles. The summed E-state index contributed by atoms with van der Waals surface area (Å²) in [5.41, 5.74) is 0. The molecule has 0 aromatic carbocycles. The van der Waals surface area contributed by atoms with E-state index in [1.54, 1.807) is 0 Å². The quantitative estimate of drug-likeness (QED) is 0.378. The molecule has 0 aromatic rings. The summed E-state index contributed by atoms with van der Waals surface area (Å²) < 4.78 is 10.9. The van der Waals surface area contributed by atoms with Gasteiger partial charge < -0.3 is 9.47 Å². The van der Waals surface area contributed by atoms with Crippen LogP contribution in [0.15, 0.2) is 17.6 Å². The molecule has 0 spiro atoms. The van der Waals surface area contributed by atoms with Crippen molar-refractivity contribution >= 4 is 6.21 Å². The number of aliphatic imine (C=N–C) groups is 1. The summed E-state index contributed by atoms with van der Waals surface area (Å²) in [5.74, 6) is -0.449. The monoisotopic (exact) mass is 183 g/mol. The Kier molecular flexibility index (Phi) is 3.63. The lowest BCUT2D eigenvalue weighted by molar-refractivity contribution is -0.130. The minimum absolute atomic E-state index is 0.0137. The number of rotatable bonds is 4. The van der Waals surface area contributed by atoms with Crippen LogP contribution in [0.5, 0.6) is 0 Å². The van der Waals surface area contributed by atoms with Crippen LogP contribution < -0.4 is 0 Å². The molecule has 74 valence electrons. The molecular weight excluding hydrogens is 166 g/mol. The molecule has 13 heavy (non-hydrogen) atoms. The van der Waals surface area contributed by atoms with Gasteiger partial charge in [-0.15, -0.1) is 6.58 Å². The molecule has 0 N–H and O–H groups in total. The molecule has 0 aromatic heterocycles. The molecule has 0 amide bonds. The largest absolute Gasteiger partial charge is 0.347 e. The molecule has 1 rings (SSSR count). The van der Waals surface area contributed by atoms with Gasteiger partial charge in [0.2, 0.25) is 0 Å². The minimum Gasteiger partial charge on any atom is -0.347 e. The van der Waals surface area contributed by atoms with Gasteiger partial charge >= 0.3 is 0 Å². The fraction of sp³-hybridized carbons (Fsp3) is 0.700. The minimum atomic E-state index is -0.449. The van der Waals surface area contributed by atoms with Gasteiger partial charge in [-0.25, -0.2) is 0 Å². The fourth-order valence-electron chi connectivity index (χ4n) is 1.15. The molecule has 1 aliphatic rings. The maximum absolute atomic E-state index is 5.53. The van der Waals surface area contributed by atoms with E-state index in [4.69, 9.17) is 9.47 Å². The summed E-state index contributed by atoms with van der Waals surface area (Å²) in [6, 6.07) is 0. The standard InChI is InChI=1S/C10H17NO2/c1-4-5-6-11-7-9-8-12-10(2,3)13-9/h4,7,9H,1,5-6,8H2,2-3H3/t9-/m0/s1. The summed E-state index contributed by atoms with van der Waals surface area (Å²) in [5, 5.41) is 0. The Balaban J connectivity index is 2.23. The van der Waals surface area contributed by atoms with Crippen molar-refractivity contribution in [2.24, 2.45) is 4.99 Å². The zero-order chi connectivity index (χ0) is 9.73. The Morgan fingerprint density at radius 1 is 1.62 bits per heavy atom. The van der Waals surface area contributed by atoms with E-state index in [0.29, 0.717) is 6.61 Å². The van der Waals surface area contributed by atoms with Crippen molar-refractivity contribution in [2.45, 2.75) is 32.2 Å². The van der Waals surface area contributed by atoms with Crippen LogP contribution in [0, 0.1) is 0 Å². The normalized spacial score (nSPS) is 26.8. The third-order valence-corrected chi connectivity index (χ3v) is 1.76. The van der Waals surface area contributed by atoms with Crippen molar-refractivity contribution in [1.29, 1.82) is 0 Å². The second kappa shape index (κ2) is 4.53. The Morgan fingerprint density at radius 2 is 2.38 bits per heavy atom. The molecule has 1 atom stereocenters. The average Bonchev–Trinajstić information content (AvgIpc) is 2.40. The van der Waals surface area contributed by atoms with Gasteiger partial charge in [0, 0.05) is 12.8 Å². The van der Waals surface area contributed by atoms with E-state index in [2.05, 4.69) is 11.6 Å². The maximum atomic E-state index is 5.53. The first-order valence-electron chi connectivity index (χ1n) is 4.57. The SMILES string of the molecule is C=CCCN=C[C@H]1COC(C)(C)O1. The zero-order valence-electron chi connectivity index (χ0n) is 8.32. The van der Waals surface area contributed by atoms with Crippen LogP contribution in [0.1, 0.15) is 20.3 Å². The third kappa shape index (κ3) is 3.70. The summed E-state index contributed by atoms with van der Waals surface area (Å²) in [6.45, 7) is 8.82. The maximum Gasteiger partial charge on any atom is 0.163 e. The molecule has 1 heterocycles. The van der Waals surface area contributed by atoms with E-state index in [0.717, 1.165) is 13.0 Å². The number of hydrogen-bond acceptors (Lipinski definition) is 3. The lowest BCUT2D eigenvalue weighted by Gasteiger charge is -2.15. The molecule has 0 radical (unpaired) electrons. The van der Waals surface area contributed by atoms with Crippen molar-refractivity contribution in [3.63, 3.8) is 0 Å². The lowest BCUT2D eigenvalue weighted by atomic mass is 10.4. The van der Waals surface area contributed by atoms with Gasteiger partial charge in [0.15, 0.2) is 5.79 Å². The molecule has 0 unspecified atom stereocenters. The highest BCUT2D eigenvalue weighted by atomic mass is 16.7. The first kappa shape index (κ1) is 10.4. The van der Waals surface area contributed by atoms with Crippen LogP contribution in [0.3, 0.4) is 0 Å². The topological polar surface area (TPSA) is 30.8 Å². The van der Waals surface area contributed by atoms with E-state index in [-0.39, 0.29) is 6.10 Å². The highest BCUT2D eigenvalue weighted by Gasteiger charge is 2.31.